The van der Waals surface area contributed by atoms with Gasteiger partial charge in [-0.3, -0.25) is 0 Å². The van der Waals surface area contributed by atoms with Gasteiger partial charge < -0.3 is 20.4 Å². The minimum absolute atomic E-state index is 0.259. The Morgan fingerprint density at radius 2 is 1.76 bits per heavy atom. The largest absolute Gasteiger partial charge is 0.393 e. The van der Waals surface area contributed by atoms with Crippen LogP contribution in [0.25, 0.3) is 0 Å². The van der Waals surface area contributed by atoms with E-state index in [1.54, 1.807) is 6.92 Å². The van der Waals surface area contributed by atoms with Gasteiger partial charge in [0.1, 0.15) is 0 Å². The van der Waals surface area contributed by atoms with Crippen LogP contribution in [0.15, 0.2) is 11.6 Å². The van der Waals surface area contributed by atoms with Gasteiger partial charge >= 0.3 is 0 Å². The third-order valence-corrected chi connectivity index (χ3v) is 3.52. The van der Waals surface area contributed by atoms with Crippen molar-refractivity contribution < 1.29 is 20.4 Å². The van der Waals surface area contributed by atoms with E-state index in [0.29, 0.717) is 12.0 Å². The molecule has 0 radical (unpaired) electrons. The van der Waals surface area contributed by atoms with Crippen LogP contribution in [0.5, 0.6) is 0 Å². The van der Waals surface area contributed by atoms with Crippen molar-refractivity contribution in [2.75, 3.05) is 0 Å². The predicted octanol–water partition coefficient (Wildman–Crippen LogP) is 0.586. The quantitative estimate of drug-likeness (QED) is 0.536. The maximum atomic E-state index is 10.3. The van der Waals surface area contributed by atoms with Crippen molar-refractivity contribution in [2.45, 2.75) is 64.4 Å². The summed E-state index contributed by atoms with van der Waals surface area (Å²) in [6.07, 6.45) is -0.0832. The van der Waals surface area contributed by atoms with Crippen molar-refractivity contribution in [3.05, 3.63) is 11.6 Å². The van der Waals surface area contributed by atoms with Crippen molar-refractivity contribution in [1.82, 2.24) is 0 Å². The molecule has 0 spiro atoms. The average Bonchev–Trinajstić information content (AvgIpc) is 2.08. The summed E-state index contributed by atoms with van der Waals surface area (Å²) in [4.78, 5) is 0. The van der Waals surface area contributed by atoms with Crippen LogP contribution < -0.4 is 0 Å². The SMILES string of the molecule is C[C@H](O)[C@H](O)/C=C1/C(C)(C)C[C@H](O)C[C@@]1(C)O. The molecule has 4 nitrogen and oxygen atoms in total. The van der Waals surface area contributed by atoms with E-state index < -0.39 is 29.3 Å². The predicted molar refractivity (Wildman–Crippen MR) is 65.4 cm³/mol. The number of aliphatic hydroxyl groups excluding tert-OH is 3. The Labute approximate surface area is 103 Å². The van der Waals surface area contributed by atoms with Crippen LogP contribution in [0.2, 0.25) is 0 Å². The van der Waals surface area contributed by atoms with Gasteiger partial charge in [0.25, 0.3) is 0 Å². The van der Waals surface area contributed by atoms with Crippen molar-refractivity contribution in [2.24, 2.45) is 5.41 Å². The van der Waals surface area contributed by atoms with E-state index in [-0.39, 0.29) is 6.42 Å². The normalized spacial score (nSPS) is 39.1. The molecule has 1 fully saturated rings. The second kappa shape index (κ2) is 4.69. The third-order valence-electron chi connectivity index (χ3n) is 3.52. The summed E-state index contributed by atoms with van der Waals surface area (Å²) in [5, 5.41) is 39.1. The Hall–Kier alpha value is -0.420. The summed E-state index contributed by atoms with van der Waals surface area (Å²) >= 11 is 0. The van der Waals surface area contributed by atoms with E-state index in [4.69, 9.17) is 0 Å². The van der Waals surface area contributed by atoms with Crippen LogP contribution in [0.1, 0.15) is 40.5 Å². The zero-order valence-electron chi connectivity index (χ0n) is 11.0. The second-order valence-corrected chi connectivity index (χ2v) is 6.03. The molecule has 0 saturated heterocycles. The Morgan fingerprint density at radius 1 is 1.24 bits per heavy atom. The van der Waals surface area contributed by atoms with Gasteiger partial charge in [-0.05, 0) is 31.3 Å². The number of rotatable bonds is 2. The lowest BCUT2D eigenvalue weighted by Gasteiger charge is -2.45. The topological polar surface area (TPSA) is 80.9 Å². The third kappa shape index (κ3) is 3.28. The minimum Gasteiger partial charge on any atom is -0.393 e. The highest BCUT2D eigenvalue weighted by atomic mass is 16.3. The molecule has 1 aliphatic rings. The van der Waals surface area contributed by atoms with Gasteiger partial charge in [-0.2, -0.15) is 0 Å². The average molecular weight is 244 g/mol. The van der Waals surface area contributed by atoms with Crippen LogP contribution in [0, 0.1) is 5.41 Å². The highest BCUT2D eigenvalue weighted by Gasteiger charge is 2.44. The van der Waals surface area contributed by atoms with Gasteiger partial charge in [-0.1, -0.05) is 19.9 Å². The lowest BCUT2D eigenvalue weighted by atomic mass is 9.64. The Morgan fingerprint density at radius 3 is 2.18 bits per heavy atom. The van der Waals surface area contributed by atoms with E-state index in [1.807, 2.05) is 13.8 Å². The first kappa shape index (κ1) is 14.6. The Bertz CT molecular complexity index is 285. The van der Waals surface area contributed by atoms with Gasteiger partial charge in [-0.15, -0.1) is 0 Å². The fourth-order valence-electron chi connectivity index (χ4n) is 2.78. The fourth-order valence-corrected chi connectivity index (χ4v) is 2.78. The van der Waals surface area contributed by atoms with Gasteiger partial charge in [0.2, 0.25) is 0 Å². The lowest BCUT2D eigenvalue weighted by Crippen LogP contribution is -2.46. The molecule has 0 aromatic heterocycles. The zero-order valence-corrected chi connectivity index (χ0v) is 11.0. The highest BCUT2D eigenvalue weighted by molar-refractivity contribution is 5.27. The Balaban J connectivity index is 3.08. The summed E-state index contributed by atoms with van der Waals surface area (Å²) in [6.45, 7) is 6.98. The number of hydrogen-bond donors (Lipinski definition) is 4. The smallest absolute Gasteiger partial charge is 0.0981 e. The number of aliphatic hydroxyl groups is 4. The molecule has 0 heterocycles. The standard InChI is InChI=1S/C13H24O4/c1-8(14)10(16)5-11-12(2,3)6-9(15)7-13(11,4)17/h5,8-10,14-17H,6-7H2,1-4H3/b11-5-/t8-,9-,10+,13+/m0/s1. The molecule has 0 amide bonds. The van der Waals surface area contributed by atoms with E-state index in [0.717, 1.165) is 0 Å². The molecular weight excluding hydrogens is 220 g/mol. The van der Waals surface area contributed by atoms with Crippen molar-refractivity contribution >= 4 is 0 Å². The highest BCUT2D eigenvalue weighted by Crippen LogP contribution is 2.45. The maximum absolute atomic E-state index is 10.3. The summed E-state index contributed by atoms with van der Waals surface area (Å²) < 4.78 is 0. The van der Waals surface area contributed by atoms with Gasteiger partial charge in [-0.25, -0.2) is 0 Å². The molecule has 4 heteroatoms. The van der Waals surface area contributed by atoms with E-state index in [1.165, 1.54) is 13.0 Å². The second-order valence-electron chi connectivity index (χ2n) is 6.03. The lowest BCUT2D eigenvalue weighted by molar-refractivity contribution is -0.0300. The molecule has 0 bridgehead atoms. The van der Waals surface area contributed by atoms with Gasteiger partial charge in [0, 0.05) is 6.42 Å². The zero-order chi connectivity index (χ0) is 13.4. The van der Waals surface area contributed by atoms with Crippen molar-refractivity contribution in [3.8, 4) is 0 Å². The summed E-state index contributed by atoms with van der Waals surface area (Å²) in [5.74, 6) is 0. The van der Waals surface area contributed by atoms with Crippen LogP contribution in [-0.2, 0) is 0 Å². The Kier molecular flexibility index (Phi) is 4.04. The van der Waals surface area contributed by atoms with Crippen molar-refractivity contribution in [1.29, 1.82) is 0 Å². The molecule has 1 rings (SSSR count). The molecule has 0 aromatic carbocycles. The molecule has 0 unspecified atom stereocenters. The van der Waals surface area contributed by atoms with Gasteiger partial charge in [0.15, 0.2) is 0 Å². The molecule has 4 atom stereocenters. The van der Waals surface area contributed by atoms with Crippen molar-refractivity contribution in [3.63, 3.8) is 0 Å². The molecule has 1 aliphatic carbocycles. The molecular formula is C13H24O4. The first-order valence-corrected chi connectivity index (χ1v) is 6.05. The monoisotopic (exact) mass is 244 g/mol. The first-order valence-electron chi connectivity index (χ1n) is 6.05. The first-order chi connectivity index (χ1) is 7.56. The van der Waals surface area contributed by atoms with E-state index >= 15 is 0 Å². The molecule has 17 heavy (non-hydrogen) atoms. The van der Waals surface area contributed by atoms with Crippen LogP contribution >= 0.6 is 0 Å². The summed E-state index contributed by atoms with van der Waals surface area (Å²) in [5.41, 5.74) is -0.850. The molecule has 0 aromatic rings. The van der Waals surface area contributed by atoms with Crippen LogP contribution in [-0.4, -0.2) is 44.3 Å². The minimum atomic E-state index is -1.14. The van der Waals surface area contributed by atoms with Gasteiger partial charge in [0.05, 0.1) is 23.9 Å². The fraction of sp³-hybridized carbons (Fsp3) is 0.846. The molecule has 4 N–H and O–H groups in total. The maximum Gasteiger partial charge on any atom is 0.0981 e. The van der Waals surface area contributed by atoms with E-state index in [9.17, 15) is 20.4 Å². The molecule has 100 valence electrons. The van der Waals surface area contributed by atoms with Crippen LogP contribution in [0.3, 0.4) is 0 Å². The van der Waals surface area contributed by atoms with Crippen LogP contribution in [0.4, 0.5) is 0 Å². The van der Waals surface area contributed by atoms with E-state index in [2.05, 4.69) is 0 Å². The molecule has 0 aliphatic heterocycles. The number of hydrogen-bond acceptors (Lipinski definition) is 4. The molecule has 1 saturated carbocycles. The summed E-state index contributed by atoms with van der Waals surface area (Å²) in [7, 11) is 0. The summed E-state index contributed by atoms with van der Waals surface area (Å²) in [6, 6.07) is 0.